The second kappa shape index (κ2) is 5.15. The summed E-state index contributed by atoms with van der Waals surface area (Å²) in [6, 6.07) is 13.6. The van der Waals surface area contributed by atoms with E-state index in [9.17, 15) is 5.11 Å². The number of ether oxygens (including phenoxy) is 1. The van der Waals surface area contributed by atoms with Gasteiger partial charge in [0.15, 0.2) is 11.5 Å². The van der Waals surface area contributed by atoms with Crippen LogP contribution in [0.4, 0.5) is 0 Å². The van der Waals surface area contributed by atoms with Gasteiger partial charge < -0.3 is 9.84 Å². The molecule has 0 aliphatic carbocycles. The summed E-state index contributed by atoms with van der Waals surface area (Å²) >= 11 is 1.70. The zero-order valence-electron chi connectivity index (χ0n) is 9.81. The lowest BCUT2D eigenvalue weighted by molar-refractivity contribution is 0.373. The smallest absolute Gasteiger partial charge is 0.161 e. The lowest BCUT2D eigenvalue weighted by Crippen LogP contribution is -1.86. The van der Waals surface area contributed by atoms with Crippen LogP contribution in [0.25, 0.3) is 11.1 Å². The highest BCUT2D eigenvalue weighted by Crippen LogP contribution is 2.35. The van der Waals surface area contributed by atoms with E-state index in [0.717, 1.165) is 11.1 Å². The van der Waals surface area contributed by atoms with Crippen molar-refractivity contribution in [2.75, 3.05) is 13.4 Å². The Bertz CT molecular complexity index is 523. The lowest BCUT2D eigenvalue weighted by Gasteiger charge is -2.09. The van der Waals surface area contributed by atoms with Crippen molar-refractivity contribution in [2.24, 2.45) is 0 Å². The van der Waals surface area contributed by atoms with Gasteiger partial charge in [-0.25, -0.2) is 0 Å². The van der Waals surface area contributed by atoms with Gasteiger partial charge in [-0.15, -0.1) is 11.8 Å². The molecular weight excluding hydrogens is 232 g/mol. The molecule has 1 N–H and O–H groups in total. The minimum atomic E-state index is 0.165. The summed E-state index contributed by atoms with van der Waals surface area (Å²) in [7, 11) is 1.55. The van der Waals surface area contributed by atoms with Crippen molar-refractivity contribution in [3.8, 4) is 22.6 Å². The Labute approximate surface area is 105 Å². The van der Waals surface area contributed by atoms with Gasteiger partial charge >= 0.3 is 0 Å². The van der Waals surface area contributed by atoms with E-state index in [4.69, 9.17) is 4.74 Å². The molecule has 2 aromatic carbocycles. The first-order valence-electron chi connectivity index (χ1n) is 5.26. The summed E-state index contributed by atoms with van der Waals surface area (Å²) in [6.45, 7) is 0. The summed E-state index contributed by atoms with van der Waals surface area (Å²) in [5.74, 6) is 0.663. The molecule has 3 heteroatoms. The van der Waals surface area contributed by atoms with E-state index in [2.05, 4.69) is 18.4 Å². The predicted molar refractivity (Wildman–Crippen MR) is 71.9 cm³/mol. The summed E-state index contributed by atoms with van der Waals surface area (Å²) in [6.07, 6.45) is 2.05. The predicted octanol–water partition coefficient (Wildman–Crippen LogP) is 3.79. The molecule has 2 rings (SSSR count). The minimum Gasteiger partial charge on any atom is -0.504 e. The third-order valence-electron chi connectivity index (χ3n) is 2.60. The normalized spacial score (nSPS) is 10.2. The summed E-state index contributed by atoms with van der Waals surface area (Å²) in [4.78, 5) is 1.21. The van der Waals surface area contributed by atoms with E-state index in [1.54, 1.807) is 24.9 Å². The number of methoxy groups -OCH3 is 1. The maximum atomic E-state index is 9.58. The van der Waals surface area contributed by atoms with Gasteiger partial charge in [0.1, 0.15) is 0 Å². The number of hydrogen-bond acceptors (Lipinski definition) is 3. The van der Waals surface area contributed by atoms with E-state index < -0.39 is 0 Å². The molecule has 0 saturated carbocycles. The number of phenolic OH excluding ortho intramolecular Hbond substituents is 1. The van der Waals surface area contributed by atoms with Crippen LogP contribution in [0.3, 0.4) is 0 Å². The quantitative estimate of drug-likeness (QED) is 0.835. The van der Waals surface area contributed by atoms with E-state index in [1.807, 2.05) is 24.3 Å². The van der Waals surface area contributed by atoms with E-state index in [1.165, 1.54) is 4.90 Å². The number of benzene rings is 2. The highest BCUT2D eigenvalue weighted by Gasteiger charge is 2.07. The maximum Gasteiger partial charge on any atom is 0.161 e. The van der Waals surface area contributed by atoms with Crippen LogP contribution >= 0.6 is 11.8 Å². The number of phenols is 1. The maximum absolute atomic E-state index is 9.58. The number of aromatic hydroxyl groups is 1. The molecule has 0 saturated heterocycles. The Morgan fingerprint density at radius 3 is 2.59 bits per heavy atom. The molecule has 0 heterocycles. The zero-order chi connectivity index (χ0) is 12.3. The average molecular weight is 246 g/mol. The van der Waals surface area contributed by atoms with Crippen LogP contribution in [0.1, 0.15) is 0 Å². The van der Waals surface area contributed by atoms with Gasteiger partial charge in [0, 0.05) is 4.90 Å². The number of thioether (sulfide) groups is 1. The number of rotatable bonds is 3. The third kappa shape index (κ3) is 2.39. The lowest BCUT2D eigenvalue weighted by atomic mass is 10.1. The molecule has 0 spiro atoms. The first-order chi connectivity index (χ1) is 8.26. The van der Waals surface area contributed by atoms with Crippen LogP contribution in [-0.4, -0.2) is 18.5 Å². The molecule has 0 unspecified atom stereocenters. The fourth-order valence-corrected chi connectivity index (χ4v) is 2.35. The second-order valence-corrected chi connectivity index (χ2v) is 4.43. The summed E-state index contributed by atoms with van der Waals surface area (Å²) in [5, 5.41) is 9.58. The Kier molecular flexibility index (Phi) is 3.59. The minimum absolute atomic E-state index is 0.165. The van der Waals surface area contributed by atoms with Crippen molar-refractivity contribution in [1.82, 2.24) is 0 Å². The Morgan fingerprint density at radius 2 is 1.88 bits per heavy atom. The molecule has 0 aliphatic rings. The molecule has 0 bridgehead atoms. The van der Waals surface area contributed by atoms with Crippen LogP contribution in [0.2, 0.25) is 0 Å². The highest BCUT2D eigenvalue weighted by molar-refractivity contribution is 7.98. The fourth-order valence-electron chi connectivity index (χ4n) is 1.73. The topological polar surface area (TPSA) is 29.5 Å². The van der Waals surface area contributed by atoms with Crippen molar-refractivity contribution in [3.05, 3.63) is 42.5 Å². The molecular formula is C14H14O2S. The first kappa shape index (κ1) is 11.9. The van der Waals surface area contributed by atoms with E-state index in [0.29, 0.717) is 5.75 Å². The highest BCUT2D eigenvalue weighted by atomic mass is 32.2. The van der Waals surface area contributed by atoms with Crippen LogP contribution in [0.15, 0.2) is 47.4 Å². The first-order valence-corrected chi connectivity index (χ1v) is 6.49. The molecule has 2 nitrogen and oxygen atoms in total. The average Bonchev–Trinajstić information content (AvgIpc) is 2.39. The van der Waals surface area contributed by atoms with Crippen LogP contribution in [0, 0.1) is 0 Å². The van der Waals surface area contributed by atoms with Gasteiger partial charge in [0.2, 0.25) is 0 Å². The molecule has 0 aliphatic heterocycles. The van der Waals surface area contributed by atoms with E-state index in [-0.39, 0.29) is 5.75 Å². The monoisotopic (exact) mass is 246 g/mol. The SMILES string of the molecule is COc1cc(-c2ccccc2SC)ccc1O. The van der Waals surface area contributed by atoms with Gasteiger partial charge in [-0.05, 0) is 35.6 Å². The van der Waals surface area contributed by atoms with E-state index >= 15 is 0 Å². The molecule has 0 radical (unpaired) electrons. The fraction of sp³-hybridized carbons (Fsp3) is 0.143. The Balaban J connectivity index is 2.53. The van der Waals surface area contributed by atoms with Gasteiger partial charge in [-0.3, -0.25) is 0 Å². The van der Waals surface area contributed by atoms with Crippen molar-refractivity contribution >= 4 is 11.8 Å². The molecule has 0 amide bonds. The molecule has 0 aromatic heterocycles. The van der Waals surface area contributed by atoms with Crippen molar-refractivity contribution < 1.29 is 9.84 Å². The number of hydrogen-bond donors (Lipinski definition) is 1. The molecule has 88 valence electrons. The molecule has 2 aromatic rings. The largest absolute Gasteiger partial charge is 0.504 e. The molecule has 0 atom stereocenters. The van der Waals surface area contributed by atoms with Crippen molar-refractivity contribution in [3.63, 3.8) is 0 Å². The van der Waals surface area contributed by atoms with Crippen molar-refractivity contribution in [1.29, 1.82) is 0 Å². The van der Waals surface area contributed by atoms with Crippen LogP contribution in [0.5, 0.6) is 11.5 Å². The van der Waals surface area contributed by atoms with Crippen LogP contribution in [-0.2, 0) is 0 Å². The van der Waals surface area contributed by atoms with Crippen LogP contribution < -0.4 is 4.74 Å². The van der Waals surface area contributed by atoms with Gasteiger partial charge in [0.25, 0.3) is 0 Å². The standard InChI is InChI=1S/C14H14O2S/c1-16-13-9-10(7-8-12(13)15)11-5-3-4-6-14(11)17-2/h3-9,15H,1-2H3. The van der Waals surface area contributed by atoms with Gasteiger partial charge in [0.05, 0.1) is 7.11 Å². The second-order valence-electron chi connectivity index (χ2n) is 3.59. The molecule has 0 fully saturated rings. The molecule has 17 heavy (non-hydrogen) atoms. The zero-order valence-corrected chi connectivity index (χ0v) is 10.6. The third-order valence-corrected chi connectivity index (χ3v) is 3.39. The van der Waals surface area contributed by atoms with Gasteiger partial charge in [-0.2, -0.15) is 0 Å². The Hall–Kier alpha value is -1.61. The van der Waals surface area contributed by atoms with Gasteiger partial charge in [-0.1, -0.05) is 24.3 Å². The van der Waals surface area contributed by atoms with Crippen molar-refractivity contribution in [2.45, 2.75) is 4.90 Å². The Morgan fingerprint density at radius 1 is 1.12 bits per heavy atom. The summed E-state index contributed by atoms with van der Waals surface area (Å²) < 4.78 is 5.12. The summed E-state index contributed by atoms with van der Waals surface area (Å²) in [5.41, 5.74) is 2.20.